The average molecular weight is 371 g/mol. The van der Waals surface area contributed by atoms with Gasteiger partial charge in [0.05, 0.1) is 18.0 Å². The molecule has 0 bridgehead atoms. The van der Waals surface area contributed by atoms with Crippen LogP contribution in [0.25, 0.3) is 5.69 Å². The van der Waals surface area contributed by atoms with E-state index in [4.69, 9.17) is 4.74 Å². The van der Waals surface area contributed by atoms with Crippen molar-refractivity contribution in [3.8, 4) is 5.69 Å². The molecule has 1 N–H and O–H groups in total. The number of hydrogen-bond acceptors (Lipinski definition) is 6. The fraction of sp³-hybridized carbons (Fsp3) is 0.333. The molecule has 1 aromatic carbocycles. The van der Waals surface area contributed by atoms with Crippen molar-refractivity contribution in [1.29, 1.82) is 0 Å². The molecule has 3 aromatic rings. The number of ether oxygens (including phenoxy) is 1. The van der Waals surface area contributed by atoms with Gasteiger partial charge in [0.1, 0.15) is 5.82 Å². The number of methoxy groups -OCH3 is 1. The minimum absolute atomic E-state index is 0.115. The summed E-state index contributed by atoms with van der Waals surface area (Å²) in [6.07, 6.45) is 0. The van der Waals surface area contributed by atoms with Gasteiger partial charge in [0.25, 0.3) is 5.91 Å². The van der Waals surface area contributed by atoms with E-state index in [1.165, 1.54) is 11.3 Å². The lowest BCUT2D eigenvalue weighted by Crippen LogP contribution is -2.14. The van der Waals surface area contributed by atoms with Gasteiger partial charge >= 0.3 is 0 Å². The van der Waals surface area contributed by atoms with Crippen LogP contribution in [0.15, 0.2) is 29.6 Å². The number of amides is 1. The summed E-state index contributed by atoms with van der Waals surface area (Å²) < 4.78 is 6.74. The van der Waals surface area contributed by atoms with Gasteiger partial charge in [-0.25, -0.2) is 14.6 Å². The van der Waals surface area contributed by atoms with E-state index < -0.39 is 0 Å². The van der Waals surface area contributed by atoms with Crippen LogP contribution in [0.3, 0.4) is 0 Å². The van der Waals surface area contributed by atoms with Crippen LogP contribution >= 0.6 is 11.3 Å². The number of aryl methyl sites for hydroxylation is 1. The van der Waals surface area contributed by atoms with E-state index in [2.05, 4.69) is 40.3 Å². The molecule has 0 aliphatic rings. The number of carbonyl (C=O) groups excluding carboxylic acids is 1. The summed E-state index contributed by atoms with van der Waals surface area (Å²) in [5, 5.41) is 9.49. The Hall–Kier alpha value is -2.58. The van der Waals surface area contributed by atoms with Gasteiger partial charge in [0, 0.05) is 12.5 Å². The average Bonchev–Trinajstić information content (AvgIpc) is 3.21. The minimum Gasteiger partial charge on any atom is -0.378 e. The van der Waals surface area contributed by atoms with Gasteiger partial charge in [-0.1, -0.05) is 32.0 Å². The van der Waals surface area contributed by atoms with Gasteiger partial charge in [-0.05, 0) is 24.5 Å². The van der Waals surface area contributed by atoms with Crippen LogP contribution in [0.2, 0.25) is 0 Å². The molecule has 8 heteroatoms. The van der Waals surface area contributed by atoms with Crippen LogP contribution < -0.4 is 5.32 Å². The number of carbonyl (C=O) groups is 1. The van der Waals surface area contributed by atoms with Gasteiger partial charge in [0.2, 0.25) is 5.82 Å². The predicted molar refractivity (Wildman–Crippen MR) is 101 cm³/mol. The zero-order valence-electron chi connectivity index (χ0n) is 15.2. The molecular weight excluding hydrogens is 350 g/mol. The van der Waals surface area contributed by atoms with Gasteiger partial charge in [-0.2, -0.15) is 0 Å². The molecular formula is C18H21N5O2S. The topological polar surface area (TPSA) is 81.9 Å². The molecule has 3 rings (SSSR count). The molecule has 7 nitrogen and oxygen atoms in total. The van der Waals surface area contributed by atoms with E-state index in [1.807, 2.05) is 30.5 Å². The first kappa shape index (κ1) is 18.2. The standard InChI is InChI=1S/C18H21N5O2S/c1-11(2)14-7-5-6-8-15(14)23-12(3)19-16(22-23)17(24)21-18-20-13(9-25-4)10-26-18/h5-8,10-11H,9H2,1-4H3,(H,20,21,24). The summed E-state index contributed by atoms with van der Waals surface area (Å²) in [5.74, 6) is 0.723. The van der Waals surface area contributed by atoms with Crippen molar-refractivity contribution in [3.05, 3.63) is 52.6 Å². The molecule has 0 saturated carbocycles. The highest BCUT2D eigenvalue weighted by atomic mass is 32.1. The molecule has 0 fully saturated rings. The highest BCUT2D eigenvalue weighted by Crippen LogP contribution is 2.23. The molecule has 0 saturated heterocycles. The Morgan fingerprint density at radius 1 is 1.31 bits per heavy atom. The summed E-state index contributed by atoms with van der Waals surface area (Å²) in [7, 11) is 1.60. The monoisotopic (exact) mass is 371 g/mol. The van der Waals surface area contributed by atoms with Gasteiger partial charge < -0.3 is 4.74 Å². The Bertz CT molecular complexity index is 916. The maximum Gasteiger partial charge on any atom is 0.297 e. The number of benzene rings is 1. The molecule has 2 heterocycles. The van der Waals surface area contributed by atoms with E-state index in [1.54, 1.807) is 11.8 Å². The van der Waals surface area contributed by atoms with E-state index in [0.717, 1.165) is 16.9 Å². The fourth-order valence-electron chi connectivity index (χ4n) is 2.61. The number of anilines is 1. The zero-order chi connectivity index (χ0) is 18.7. The van der Waals surface area contributed by atoms with Crippen molar-refractivity contribution >= 4 is 22.4 Å². The van der Waals surface area contributed by atoms with Crippen molar-refractivity contribution < 1.29 is 9.53 Å². The number of nitrogens with one attached hydrogen (secondary N) is 1. The second-order valence-corrected chi connectivity index (χ2v) is 7.00. The van der Waals surface area contributed by atoms with Gasteiger partial charge in [-0.15, -0.1) is 16.4 Å². The van der Waals surface area contributed by atoms with Gasteiger partial charge in [0.15, 0.2) is 5.13 Å². The van der Waals surface area contributed by atoms with E-state index in [0.29, 0.717) is 23.5 Å². The van der Waals surface area contributed by atoms with Crippen LogP contribution in [-0.2, 0) is 11.3 Å². The summed E-state index contributed by atoms with van der Waals surface area (Å²) in [5.41, 5.74) is 2.85. The minimum atomic E-state index is -0.382. The Morgan fingerprint density at radius 2 is 2.08 bits per heavy atom. The molecule has 2 aromatic heterocycles. The number of thiazole rings is 1. The van der Waals surface area contributed by atoms with Crippen molar-refractivity contribution in [3.63, 3.8) is 0 Å². The summed E-state index contributed by atoms with van der Waals surface area (Å²) in [4.78, 5) is 21.1. The Morgan fingerprint density at radius 3 is 2.81 bits per heavy atom. The first-order chi connectivity index (χ1) is 12.5. The molecule has 136 valence electrons. The second kappa shape index (κ2) is 7.76. The zero-order valence-corrected chi connectivity index (χ0v) is 16.0. The molecule has 0 atom stereocenters. The van der Waals surface area contributed by atoms with Crippen LogP contribution in [-0.4, -0.2) is 32.8 Å². The van der Waals surface area contributed by atoms with Crippen molar-refractivity contribution in [2.24, 2.45) is 0 Å². The van der Waals surface area contributed by atoms with Gasteiger partial charge in [-0.3, -0.25) is 10.1 Å². The summed E-state index contributed by atoms with van der Waals surface area (Å²) in [6.45, 7) is 6.49. The second-order valence-electron chi connectivity index (χ2n) is 6.14. The highest BCUT2D eigenvalue weighted by Gasteiger charge is 2.18. The molecule has 1 amide bonds. The van der Waals surface area contributed by atoms with Crippen LogP contribution in [0.1, 0.15) is 47.5 Å². The van der Waals surface area contributed by atoms with E-state index in [-0.39, 0.29) is 11.7 Å². The van der Waals surface area contributed by atoms with E-state index in [9.17, 15) is 4.79 Å². The quantitative estimate of drug-likeness (QED) is 0.716. The summed E-state index contributed by atoms with van der Waals surface area (Å²) in [6, 6.07) is 8.00. The first-order valence-electron chi connectivity index (χ1n) is 8.27. The first-order valence-corrected chi connectivity index (χ1v) is 9.15. The third-order valence-corrected chi connectivity index (χ3v) is 4.63. The lowest BCUT2D eigenvalue weighted by molar-refractivity contribution is 0.101. The number of nitrogens with zero attached hydrogens (tertiary/aromatic N) is 4. The Kier molecular flexibility index (Phi) is 5.43. The van der Waals surface area contributed by atoms with Crippen molar-refractivity contribution in [2.45, 2.75) is 33.3 Å². The number of rotatable bonds is 6. The van der Waals surface area contributed by atoms with Crippen LogP contribution in [0.5, 0.6) is 0 Å². The normalized spacial score (nSPS) is 11.1. The smallest absolute Gasteiger partial charge is 0.297 e. The third kappa shape index (κ3) is 3.81. The van der Waals surface area contributed by atoms with Crippen LogP contribution in [0.4, 0.5) is 5.13 Å². The lowest BCUT2D eigenvalue weighted by atomic mass is 10.0. The largest absolute Gasteiger partial charge is 0.378 e. The molecule has 0 unspecified atom stereocenters. The van der Waals surface area contributed by atoms with Crippen molar-refractivity contribution in [1.82, 2.24) is 19.7 Å². The number of para-hydroxylation sites is 1. The third-order valence-electron chi connectivity index (χ3n) is 3.82. The molecule has 0 spiro atoms. The number of hydrogen-bond donors (Lipinski definition) is 1. The Balaban J connectivity index is 1.84. The lowest BCUT2D eigenvalue weighted by Gasteiger charge is -2.12. The van der Waals surface area contributed by atoms with E-state index >= 15 is 0 Å². The SMILES string of the molecule is COCc1csc(NC(=O)c2nc(C)n(-c3ccccc3C(C)C)n2)n1. The molecule has 26 heavy (non-hydrogen) atoms. The van der Waals surface area contributed by atoms with Crippen molar-refractivity contribution in [2.75, 3.05) is 12.4 Å². The highest BCUT2D eigenvalue weighted by molar-refractivity contribution is 7.13. The predicted octanol–water partition coefficient (Wildman–Crippen LogP) is 3.55. The fourth-order valence-corrected chi connectivity index (χ4v) is 3.30. The molecule has 0 aliphatic carbocycles. The molecule has 0 aliphatic heterocycles. The maximum absolute atomic E-state index is 12.5. The summed E-state index contributed by atoms with van der Waals surface area (Å²) >= 11 is 1.34. The van der Waals surface area contributed by atoms with Crippen LogP contribution in [0, 0.1) is 6.92 Å². The maximum atomic E-state index is 12.5. The Labute approximate surface area is 156 Å². The molecule has 0 radical (unpaired) electrons. The number of aromatic nitrogens is 4.